The third-order valence-electron chi connectivity index (χ3n) is 9.04. The Hall–Kier alpha value is -3.27. The molecule has 0 spiro atoms. The van der Waals surface area contributed by atoms with Crippen molar-refractivity contribution >= 4 is 35.2 Å². The molecule has 10 heteroatoms. The number of nitrogens with one attached hydrogen (secondary N) is 1. The van der Waals surface area contributed by atoms with Gasteiger partial charge in [0.05, 0.1) is 16.8 Å². The fraction of sp³-hybridized carbons (Fsp3) is 0.633. The van der Waals surface area contributed by atoms with Gasteiger partial charge in [-0.1, -0.05) is 38.2 Å². The van der Waals surface area contributed by atoms with Gasteiger partial charge >= 0.3 is 0 Å². The van der Waals surface area contributed by atoms with Crippen LogP contribution >= 0.6 is 0 Å². The van der Waals surface area contributed by atoms with E-state index in [1.54, 1.807) is 12.1 Å². The zero-order valence-corrected chi connectivity index (χ0v) is 23.5. The van der Waals surface area contributed by atoms with Crippen molar-refractivity contribution in [2.45, 2.75) is 70.3 Å². The van der Waals surface area contributed by atoms with Crippen molar-refractivity contribution in [3.8, 4) is 0 Å². The lowest BCUT2D eigenvalue weighted by Gasteiger charge is -2.35. The first kappa shape index (κ1) is 28.3. The number of piperazine rings is 1. The monoisotopic (exact) mass is 551 g/mol. The Balaban J connectivity index is 1.09. The van der Waals surface area contributed by atoms with Crippen LogP contribution in [0.25, 0.3) is 0 Å². The zero-order valence-electron chi connectivity index (χ0n) is 23.5. The molecule has 1 atom stereocenters. The summed E-state index contributed by atoms with van der Waals surface area (Å²) < 4.78 is 0. The number of carbonyl (C=O) groups excluding carboxylic acids is 5. The lowest BCUT2D eigenvalue weighted by molar-refractivity contribution is -0.136. The minimum absolute atomic E-state index is 0.0967. The van der Waals surface area contributed by atoms with E-state index in [9.17, 15) is 24.0 Å². The highest BCUT2D eigenvalue weighted by Gasteiger charge is 2.45. The molecule has 1 aromatic rings. The Morgan fingerprint density at radius 3 is 2.45 bits per heavy atom. The second-order valence-corrected chi connectivity index (χ2v) is 11.7. The molecule has 5 rings (SSSR count). The van der Waals surface area contributed by atoms with E-state index in [4.69, 9.17) is 0 Å². The van der Waals surface area contributed by atoms with E-state index in [0.29, 0.717) is 35.7 Å². The standard InChI is InChI=1S/C30H41N5O5/c1-32(15-6-16-33-17-19-34(20-18-33)26(37)14-11-21-7-3-2-4-8-21)23-10-5-9-22-27(23)30(40)35(29(22)39)24-12-13-25(36)31-28(24)38/h5,9-10,21,24H,2-4,6-8,11-20H2,1H3,(H,31,36,38). The highest BCUT2D eigenvalue weighted by atomic mass is 16.2. The summed E-state index contributed by atoms with van der Waals surface area (Å²) in [6.07, 6.45) is 9.36. The molecule has 4 aliphatic rings. The number of carbonyl (C=O) groups is 5. The van der Waals surface area contributed by atoms with Gasteiger partial charge in [-0.2, -0.15) is 0 Å². The van der Waals surface area contributed by atoms with Gasteiger partial charge in [-0.25, -0.2) is 0 Å². The van der Waals surface area contributed by atoms with E-state index in [-0.39, 0.29) is 18.7 Å². The summed E-state index contributed by atoms with van der Waals surface area (Å²) in [5, 5.41) is 2.24. The number of imide groups is 2. The smallest absolute Gasteiger partial charge is 0.264 e. The lowest BCUT2D eigenvalue weighted by Crippen LogP contribution is -2.54. The first-order valence-electron chi connectivity index (χ1n) is 14.9. The minimum atomic E-state index is -0.971. The summed E-state index contributed by atoms with van der Waals surface area (Å²) in [4.78, 5) is 70.5. The van der Waals surface area contributed by atoms with Crippen LogP contribution < -0.4 is 10.2 Å². The zero-order chi connectivity index (χ0) is 28.2. The molecular weight excluding hydrogens is 510 g/mol. The van der Waals surface area contributed by atoms with Crippen molar-refractivity contribution in [1.29, 1.82) is 0 Å². The van der Waals surface area contributed by atoms with E-state index in [0.717, 1.165) is 56.4 Å². The van der Waals surface area contributed by atoms with Crippen molar-refractivity contribution in [1.82, 2.24) is 20.0 Å². The van der Waals surface area contributed by atoms with Crippen molar-refractivity contribution in [2.75, 3.05) is 51.2 Å². The number of piperidine rings is 1. The molecule has 0 bridgehead atoms. The SMILES string of the molecule is CN(CCCN1CCN(C(=O)CCC2CCCCC2)CC1)c1cccc2c1C(=O)N(C1CCC(=O)NC1=O)C2=O. The molecule has 1 aliphatic carbocycles. The maximum Gasteiger partial charge on any atom is 0.264 e. The number of amides is 5. The molecule has 3 aliphatic heterocycles. The molecule has 5 amide bonds. The molecule has 2 saturated heterocycles. The second-order valence-electron chi connectivity index (χ2n) is 11.7. The van der Waals surface area contributed by atoms with Crippen LogP contribution in [-0.4, -0.2) is 96.6 Å². The van der Waals surface area contributed by atoms with E-state index in [1.807, 2.05) is 22.9 Å². The highest BCUT2D eigenvalue weighted by Crippen LogP contribution is 2.34. The van der Waals surface area contributed by atoms with E-state index < -0.39 is 23.8 Å². The van der Waals surface area contributed by atoms with Gasteiger partial charge in [-0.05, 0) is 43.9 Å². The van der Waals surface area contributed by atoms with Crippen LogP contribution in [0, 0.1) is 5.92 Å². The summed E-state index contributed by atoms with van der Waals surface area (Å²) in [7, 11) is 1.91. The van der Waals surface area contributed by atoms with Crippen LogP contribution in [0.1, 0.15) is 84.9 Å². The van der Waals surface area contributed by atoms with Crippen LogP contribution in [0.5, 0.6) is 0 Å². The minimum Gasteiger partial charge on any atom is -0.374 e. The summed E-state index contributed by atoms with van der Waals surface area (Å²) in [5.74, 6) is -0.936. The molecule has 10 nitrogen and oxygen atoms in total. The Morgan fingerprint density at radius 2 is 1.73 bits per heavy atom. The predicted octanol–water partition coefficient (Wildman–Crippen LogP) is 2.42. The Labute approximate surface area is 236 Å². The summed E-state index contributed by atoms with van der Waals surface area (Å²) in [6.45, 7) is 4.87. The van der Waals surface area contributed by atoms with Crippen molar-refractivity contribution < 1.29 is 24.0 Å². The largest absolute Gasteiger partial charge is 0.374 e. The van der Waals surface area contributed by atoms with Gasteiger partial charge in [0.2, 0.25) is 17.7 Å². The van der Waals surface area contributed by atoms with Gasteiger partial charge in [0.15, 0.2) is 0 Å². The quantitative estimate of drug-likeness (QED) is 0.470. The molecule has 1 unspecified atom stereocenters. The van der Waals surface area contributed by atoms with Crippen LogP contribution in [0.2, 0.25) is 0 Å². The fourth-order valence-electron chi connectivity index (χ4n) is 6.65. The third kappa shape index (κ3) is 6.06. The summed E-state index contributed by atoms with van der Waals surface area (Å²) in [6, 6.07) is 4.24. The molecule has 216 valence electrons. The second kappa shape index (κ2) is 12.5. The van der Waals surface area contributed by atoms with Gasteiger partial charge < -0.3 is 9.80 Å². The van der Waals surface area contributed by atoms with Gasteiger partial charge in [-0.15, -0.1) is 0 Å². The van der Waals surface area contributed by atoms with Gasteiger partial charge in [0.25, 0.3) is 11.8 Å². The van der Waals surface area contributed by atoms with E-state index in [1.165, 1.54) is 32.1 Å². The topological polar surface area (TPSA) is 110 Å². The van der Waals surface area contributed by atoms with Crippen LogP contribution in [0.15, 0.2) is 18.2 Å². The predicted molar refractivity (Wildman–Crippen MR) is 150 cm³/mol. The maximum atomic E-state index is 13.4. The number of hydrogen-bond acceptors (Lipinski definition) is 7. The van der Waals surface area contributed by atoms with Gasteiger partial charge in [0.1, 0.15) is 6.04 Å². The molecule has 3 heterocycles. The van der Waals surface area contributed by atoms with Crippen LogP contribution in [-0.2, 0) is 14.4 Å². The number of benzene rings is 1. The summed E-state index contributed by atoms with van der Waals surface area (Å²) in [5.41, 5.74) is 1.28. The Morgan fingerprint density at radius 1 is 0.975 bits per heavy atom. The van der Waals surface area contributed by atoms with Crippen molar-refractivity contribution in [3.63, 3.8) is 0 Å². The molecule has 1 saturated carbocycles. The van der Waals surface area contributed by atoms with Gasteiger partial charge in [0, 0.05) is 52.6 Å². The molecule has 1 N–H and O–H groups in total. The molecule has 0 aromatic heterocycles. The van der Waals surface area contributed by atoms with Gasteiger partial charge in [-0.3, -0.25) is 39.1 Å². The molecular formula is C30H41N5O5. The molecule has 3 fully saturated rings. The first-order chi connectivity index (χ1) is 19.3. The normalized spacial score (nSPS) is 22.5. The number of nitrogens with zero attached hydrogens (tertiary/aromatic N) is 4. The van der Waals surface area contributed by atoms with Crippen LogP contribution in [0.4, 0.5) is 5.69 Å². The number of fused-ring (bicyclic) bond motifs is 1. The lowest BCUT2D eigenvalue weighted by atomic mass is 9.86. The van der Waals surface area contributed by atoms with E-state index >= 15 is 0 Å². The number of hydrogen-bond donors (Lipinski definition) is 1. The first-order valence-corrected chi connectivity index (χ1v) is 14.9. The number of rotatable bonds is 9. The highest BCUT2D eigenvalue weighted by molar-refractivity contribution is 6.25. The fourth-order valence-corrected chi connectivity index (χ4v) is 6.65. The van der Waals surface area contributed by atoms with Crippen molar-refractivity contribution in [3.05, 3.63) is 29.3 Å². The number of anilines is 1. The Kier molecular flexibility index (Phi) is 8.83. The molecule has 0 radical (unpaired) electrons. The third-order valence-corrected chi connectivity index (χ3v) is 9.04. The van der Waals surface area contributed by atoms with E-state index in [2.05, 4.69) is 10.2 Å². The molecule has 40 heavy (non-hydrogen) atoms. The molecule has 1 aromatic carbocycles. The Bertz CT molecular complexity index is 1160. The average molecular weight is 552 g/mol. The van der Waals surface area contributed by atoms with Crippen molar-refractivity contribution in [2.24, 2.45) is 5.92 Å². The summed E-state index contributed by atoms with van der Waals surface area (Å²) >= 11 is 0. The maximum absolute atomic E-state index is 13.4. The van der Waals surface area contributed by atoms with Crippen LogP contribution in [0.3, 0.4) is 0 Å². The average Bonchev–Trinajstić information content (AvgIpc) is 3.22.